The molecule has 104 valence electrons. The van der Waals surface area contributed by atoms with Gasteiger partial charge in [0.05, 0.1) is 0 Å². The molecule has 0 saturated heterocycles. The molecule has 0 heterocycles. The van der Waals surface area contributed by atoms with Crippen LogP contribution in [0.1, 0.15) is 13.8 Å². The Hall–Kier alpha value is -0.139. The zero-order valence-corrected chi connectivity index (χ0v) is 10.1. The number of carboxylic acids is 2. The van der Waals surface area contributed by atoms with E-state index >= 15 is 0 Å². The fourth-order valence-corrected chi connectivity index (χ4v) is 0. The Morgan fingerprint density at radius 3 is 0.944 bits per heavy atom. The van der Waals surface area contributed by atoms with Gasteiger partial charge >= 0.3 is 71.2 Å². The number of rotatable bonds is 2. The van der Waals surface area contributed by atoms with Gasteiger partial charge in [-0.3, -0.25) is 9.11 Å². The van der Waals surface area contributed by atoms with E-state index in [1.54, 1.807) is 0 Å². The van der Waals surface area contributed by atoms with Crippen molar-refractivity contribution >= 4 is 71.2 Å². The first-order valence-electron chi connectivity index (χ1n) is 3.76. The zero-order valence-electron chi connectivity index (χ0n) is 9.24. The molecule has 0 aromatic rings. The summed E-state index contributed by atoms with van der Waals surface area (Å²) in [5, 5.41) is 15.8. The summed E-state index contributed by atoms with van der Waals surface area (Å²) in [5.74, 6) is -1.87. The summed E-state index contributed by atoms with van der Waals surface area (Å²) in [4.78, 5) is 19.2. The number of hydrogen-bond donors (Lipinski definition) is 4. The van der Waals surface area contributed by atoms with Crippen molar-refractivity contribution < 1.29 is 37.3 Å². The van der Waals surface area contributed by atoms with Crippen molar-refractivity contribution in [1.29, 1.82) is 0 Å². The number of carbonyl (C=O) groups is 2. The van der Waals surface area contributed by atoms with Gasteiger partial charge in [-0.15, -0.1) is 0 Å². The van der Waals surface area contributed by atoms with E-state index in [-0.39, 0.29) is 60.0 Å². The number of aliphatic carboxylic acids is 2. The fourth-order valence-electron chi connectivity index (χ4n) is 0. The molecule has 0 atom stereocenters. The van der Waals surface area contributed by atoms with Gasteiger partial charge in [0.1, 0.15) is 0 Å². The quantitative estimate of drug-likeness (QED) is 0.276. The Morgan fingerprint density at radius 2 is 0.944 bits per heavy atom. The van der Waals surface area contributed by atoms with Crippen LogP contribution in [0.4, 0.5) is 0 Å². The van der Waals surface area contributed by atoms with Gasteiger partial charge < -0.3 is 10.2 Å². The Kier molecular flexibility index (Phi) is 19.5. The van der Waals surface area contributed by atoms with Crippen LogP contribution < -0.4 is 0 Å². The van der Waals surface area contributed by atoms with Crippen LogP contribution in [0.3, 0.4) is 0 Å². The van der Waals surface area contributed by atoms with Crippen molar-refractivity contribution in [2.24, 2.45) is 0 Å². The van der Waals surface area contributed by atoms with E-state index in [0.29, 0.717) is 0 Å². The first kappa shape index (κ1) is 26.4. The van der Waals surface area contributed by atoms with Crippen LogP contribution in [0.2, 0.25) is 0 Å². The third kappa shape index (κ3) is 56.7. The van der Waals surface area contributed by atoms with E-state index in [9.17, 15) is 9.59 Å². The number of hydrogen-bond acceptors (Lipinski definition) is 4. The molecule has 0 bridgehead atoms. The predicted molar refractivity (Wildman–Crippen MR) is 67.6 cm³/mol. The van der Waals surface area contributed by atoms with Crippen LogP contribution in [0, 0.1) is 0 Å². The molecule has 10 heteroatoms. The maximum atomic E-state index is 9.60. The number of carboxylic acid groups (broad SMARTS) is 2. The van der Waals surface area contributed by atoms with Crippen LogP contribution in [0.5, 0.6) is 0 Å². The second-order valence-corrected chi connectivity index (χ2v) is 3.51. The Labute approximate surface area is 145 Å². The molecule has 0 amide bonds. The van der Waals surface area contributed by atoms with Gasteiger partial charge in [-0.05, 0) is 13.8 Å². The molecule has 0 spiro atoms. The second kappa shape index (κ2) is 13.3. The summed E-state index contributed by atoms with van der Waals surface area (Å²) in [6.07, 6.45) is 0. The van der Waals surface area contributed by atoms with E-state index in [2.05, 4.69) is 13.2 Å². The minimum absolute atomic E-state index is 0. The molecule has 0 radical (unpaired) electrons. The molecule has 0 aliphatic rings. The third-order valence-corrected chi connectivity index (χ3v) is 0.730. The van der Waals surface area contributed by atoms with Crippen molar-refractivity contribution in [3.63, 3.8) is 0 Å². The molecular formula is C8H16BaO8S. The minimum atomic E-state index is -4.67. The van der Waals surface area contributed by atoms with Gasteiger partial charge in [0, 0.05) is 11.1 Å². The first-order chi connectivity index (χ1) is 7.29. The Bertz CT molecular complexity index is 341. The molecule has 0 fully saturated rings. The Morgan fingerprint density at radius 1 is 0.889 bits per heavy atom. The average Bonchev–Trinajstić information content (AvgIpc) is 2.01. The summed E-state index contributed by atoms with van der Waals surface area (Å²) < 4.78 is 31.6. The van der Waals surface area contributed by atoms with E-state index in [4.69, 9.17) is 27.7 Å². The van der Waals surface area contributed by atoms with E-state index < -0.39 is 22.3 Å². The molecule has 4 N–H and O–H groups in total. The molecule has 18 heavy (non-hydrogen) atoms. The molecule has 0 unspecified atom stereocenters. The van der Waals surface area contributed by atoms with Crippen molar-refractivity contribution in [3.05, 3.63) is 24.3 Å². The SMILES string of the molecule is C=C(C)C(=O)O.C=C(C)C(=O)O.O=S(=O)(O)O.[BaH2]. The van der Waals surface area contributed by atoms with E-state index in [1.807, 2.05) is 0 Å². The molecule has 0 aromatic heterocycles. The monoisotopic (exact) mass is 410 g/mol. The van der Waals surface area contributed by atoms with E-state index in [1.165, 1.54) is 13.8 Å². The van der Waals surface area contributed by atoms with Gasteiger partial charge in [0.25, 0.3) is 0 Å². The fraction of sp³-hybridized carbons (Fsp3) is 0.250. The molecule has 0 aliphatic heterocycles. The zero-order chi connectivity index (χ0) is 14.8. The van der Waals surface area contributed by atoms with Crippen molar-refractivity contribution in [2.75, 3.05) is 0 Å². The molecule has 0 rings (SSSR count). The van der Waals surface area contributed by atoms with Gasteiger partial charge in [-0.2, -0.15) is 8.42 Å². The molecule has 0 aliphatic carbocycles. The van der Waals surface area contributed by atoms with Gasteiger partial charge in [-0.25, -0.2) is 9.59 Å². The van der Waals surface area contributed by atoms with Crippen LogP contribution in [0.15, 0.2) is 24.3 Å². The summed E-state index contributed by atoms with van der Waals surface area (Å²) >= 11 is 0. The first-order valence-corrected chi connectivity index (χ1v) is 5.16. The van der Waals surface area contributed by atoms with Crippen LogP contribution >= 0.6 is 0 Å². The third-order valence-electron chi connectivity index (χ3n) is 0.730. The summed E-state index contributed by atoms with van der Waals surface area (Å²) in [6.45, 7) is 9.20. The average molecular weight is 410 g/mol. The normalized spacial score (nSPS) is 8.22. The Balaban J connectivity index is -0.0000000799. The van der Waals surface area contributed by atoms with Crippen molar-refractivity contribution in [1.82, 2.24) is 0 Å². The molecule has 0 aromatic carbocycles. The standard InChI is InChI=1S/2C4H6O2.Ba.H2O4S.2H/c2*1-3(2)4(5)6;;1-5(2,3)4;;/h2*1H2,2H3,(H,5,6);;(H2,1,2,3,4);;. The van der Waals surface area contributed by atoms with Crippen molar-refractivity contribution in [2.45, 2.75) is 13.8 Å². The predicted octanol–water partition coefficient (Wildman–Crippen LogP) is -0.275. The van der Waals surface area contributed by atoms with Crippen LogP contribution in [0.25, 0.3) is 0 Å². The summed E-state index contributed by atoms with van der Waals surface area (Å²) in [5.41, 5.74) is 0.352. The maximum absolute atomic E-state index is 9.60. The second-order valence-electron chi connectivity index (χ2n) is 2.62. The molecular weight excluding hydrogens is 393 g/mol. The van der Waals surface area contributed by atoms with Gasteiger partial charge in [-0.1, -0.05) is 13.2 Å². The van der Waals surface area contributed by atoms with Gasteiger partial charge in [0.2, 0.25) is 0 Å². The van der Waals surface area contributed by atoms with Gasteiger partial charge in [0.15, 0.2) is 0 Å². The van der Waals surface area contributed by atoms with Crippen LogP contribution in [-0.2, 0) is 20.0 Å². The molecule has 8 nitrogen and oxygen atoms in total. The molecule has 0 saturated carbocycles. The summed E-state index contributed by atoms with van der Waals surface area (Å²) in [6, 6.07) is 0. The van der Waals surface area contributed by atoms with E-state index in [0.717, 1.165) is 0 Å². The summed E-state index contributed by atoms with van der Waals surface area (Å²) in [7, 11) is -4.67. The van der Waals surface area contributed by atoms with Crippen LogP contribution in [-0.4, -0.2) is 88.6 Å². The van der Waals surface area contributed by atoms with Crippen molar-refractivity contribution in [3.8, 4) is 0 Å². The topological polar surface area (TPSA) is 149 Å².